The van der Waals surface area contributed by atoms with Gasteiger partial charge in [0.25, 0.3) is 0 Å². The molecule has 0 aliphatic carbocycles. The zero-order valence-electron chi connectivity index (χ0n) is 53.0. The summed E-state index contributed by atoms with van der Waals surface area (Å²) in [6.07, 6.45) is 95.0. The van der Waals surface area contributed by atoms with Gasteiger partial charge in [0.15, 0.2) is 6.10 Å². The van der Waals surface area contributed by atoms with Crippen LogP contribution in [0.15, 0.2) is 122 Å². The first-order chi connectivity index (χ1) is 40.0. The molecule has 0 aliphatic rings. The maximum atomic E-state index is 13.0. The molecule has 0 aromatic heterocycles. The number of allylic oxidation sites excluding steroid dienone is 20. The molecule has 0 aromatic rings. The Balaban J connectivity index is 4.44. The minimum absolute atomic E-state index is 0.0941. The lowest BCUT2D eigenvalue weighted by atomic mass is 10.0. The number of esters is 3. The second-order valence-corrected chi connectivity index (χ2v) is 22.3. The lowest BCUT2D eigenvalue weighted by Gasteiger charge is -2.18. The lowest BCUT2D eigenvalue weighted by Crippen LogP contribution is -2.30. The summed E-state index contributed by atoms with van der Waals surface area (Å²) >= 11 is 0. The van der Waals surface area contributed by atoms with Crippen LogP contribution in [0.25, 0.3) is 0 Å². The Morgan fingerprint density at radius 2 is 0.481 bits per heavy atom. The molecule has 0 saturated carbocycles. The lowest BCUT2D eigenvalue weighted by molar-refractivity contribution is -0.167. The normalized spacial score (nSPS) is 12.9. The number of carbonyl (C=O) groups is 3. The van der Waals surface area contributed by atoms with Gasteiger partial charge in [-0.2, -0.15) is 0 Å². The van der Waals surface area contributed by atoms with Gasteiger partial charge in [-0.15, -0.1) is 0 Å². The van der Waals surface area contributed by atoms with Gasteiger partial charge in [-0.3, -0.25) is 14.4 Å². The first-order valence-electron chi connectivity index (χ1n) is 34.0. The average molecular weight is 1120 g/mol. The third-order valence-electron chi connectivity index (χ3n) is 14.5. The smallest absolute Gasteiger partial charge is 0.306 e. The summed E-state index contributed by atoms with van der Waals surface area (Å²) in [5.41, 5.74) is 0. The second kappa shape index (κ2) is 68.3. The largest absolute Gasteiger partial charge is 0.462 e. The molecule has 0 rings (SSSR count). The van der Waals surface area contributed by atoms with Crippen molar-refractivity contribution >= 4 is 17.9 Å². The van der Waals surface area contributed by atoms with Gasteiger partial charge in [-0.05, 0) is 109 Å². The quantitative estimate of drug-likeness (QED) is 0.0261. The molecule has 0 bridgehead atoms. The topological polar surface area (TPSA) is 78.9 Å². The highest BCUT2D eigenvalue weighted by atomic mass is 16.6. The molecule has 1 atom stereocenters. The Morgan fingerprint density at radius 1 is 0.259 bits per heavy atom. The van der Waals surface area contributed by atoms with Crippen LogP contribution in [0.4, 0.5) is 0 Å². The molecule has 6 heteroatoms. The van der Waals surface area contributed by atoms with E-state index in [4.69, 9.17) is 14.2 Å². The molecule has 0 aromatic carbocycles. The summed E-state index contributed by atoms with van der Waals surface area (Å²) in [5.74, 6) is -0.925. The molecule has 1 unspecified atom stereocenters. The van der Waals surface area contributed by atoms with Crippen LogP contribution in [-0.2, 0) is 28.6 Å². The van der Waals surface area contributed by atoms with Crippen LogP contribution in [0, 0.1) is 0 Å². The molecular formula is C75H126O6. The fourth-order valence-electron chi connectivity index (χ4n) is 9.44. The Labute approximate surface area is 501 Å². The van der Waals surface area contributed by atoms with Crippen molar-refractivity contribution in [2.24, 2.45) is 0 Å². The standard InChI is InChI=1S/C75H126O6/c1-4-7-10-13-16-19-22-25-28-31-33-35-36-37-38-40-41-44-47-50-53-56-59-62-65-68-74(77)80-71-72(70-79-73(76)67-64-61-58-55-52-49-46-43-30-27-24-21-18-15-12-9-6-3)81-75(78)69-66-63-60-57-54-51-48-45-42-39-34-32-29-26-23-20-17-14-11-8-5-2/h7,9-10,12,16,18-19,21,25,27-28,30,33,35,37-38,41,44,50,53,72H,4-6,8,11,13-15,17,20,22-24,26,29,31-32,34,36,39-40,42-43,45-49,51-52,54-71H2,1-3H3/b10-7-,12-9-,19-16-,21-18-,28-25-,30-27-,35-33-,38-37-,44-41-,53-50-. The van der Waals surface area contributed by atoms with Crippen LogP contribution >= 0.6 is 0 Å². The van der Waals surface area contributed by atoms with E-state index in [-0.39, 0.29) is 31.1 Å². The predicted molar refractivity (Wildman–Crippen MR) is 353 cm³/mol. The molecule has 0 N–H and O–H groups in total. The van der Waals surface area contributed by atoms with Gasteiger partial charge in [-0.1, -0.05) is 309 Å². The summed E-state index contributed by atoms with van der Waals surface area (Å²) < 4.78 is 16.9. The number of hydrogen-bond acceptors (Lipinski definition) is 6. The van der Waals surface area contributed by atoms with Gasteiger partial charge in [0, 0.05) is 19.3 Å². The van der Waals surface area contributed by atoms with Crippen molar-refractivity contribution in [2.45, 2.75) is 322 Å². The highest BCUT2D eigenvalue weighted by Gasteiger charge is 2.19. The monoisotopic (exact) mass is 1120 g/mol. The van der Waals surface area contributed by atoms with Crippen molar-refractivity contribution in [3.63, 3.8) is 0 Å². The molecule has 462 valence electrons. The predicted octanol–water partition coefficient (Wildman–Crippen LogP) is 23.6. The van der Waals surface area contributed by atoms with Crippen molar-refractivity contribution in [2.75, 3.05) is 13.2 Å². The van der Waals surface area contributed by atoms with E-state index in [1.165, 1.54) is 141 Å². The van der Waals surface area contributed by atoms with Gasteiger partial charge < -0.3 is 14.2 Å². The number of unbranched alkanes of at least 4 members (excludes halogenated alkanes) is 30. The minimum Gasteiger partial charge on any atom is -0.462 e. The highest BCUT2D eigenvalue weighted by Crippen LogP contribution is 2.17. The zero-order valence-corrected chi connectivity index (χ0v) is 53.0. The molecule has 81 heavy (non-hydrogen) atoms. The van der Waals surface area contributed by atoms with Gasteiger partial charge in [-0.25, -0.2) is 0 Å². The van der Waals surface area contributed by atoms with Crippen molar-refractivity contribution < 1.29 is 28.6 Å². The van der Waals surface area contributed by atoms with Crippen LogP contribution < -0.4 is 0 Å². The third-order valence-corrected chi connectivity index (χ3v) is 14.5. The molecule has 0 amide bonds. The van der Waals surface area contributed by atoms with Crippen molar-refractivity contribution in [1.29, 1.82) is 0 Å². The van der Waals surface area contributed by atoms with E-state index in [1.54, 1.807) is 0 Å². The highest BCUT2D eigenvalue weighted by molar-refractivity contribution is 5.71. The van der Waals surface area contributed by atoms with E-state index in [2.05, 4.69) is 142 Å². The van der Waals surface area contributed by atoms with Gasteiger partial charge in [0.1, 0.15) is 13.2 Å². The minimum atomic E-state index is -0.800. The summed E-state index contributed by atoms with van der Waals surface area (Å²) in [6, 6.07) is 0. The Hall–Kier alpha value is -4.19. The van der Waals surface area contributed by atoms with Crippen LogP contribution in [0.1, 0.15) is 316 Å². The number of ether oxygens (including phenoxy) is 3. The van der Waals surface area contributed by atoms with Crippen LogP contribution in [-0.4, -0.2) is 37.2 Å². The zero-order chi connectivity index (χ0) is 58.5. The Bertz CT molecular complexity index is 1670. The molecule has 0 fully saturated rings. The third kappa shape index (κ3) is 66.5. The van der Waals surface area contributed by atoms with E-state index in [0.29, 0.717) is 19.3 Å². The van der Waals surface area contributed by atoms with E-state index >= 15 is 0 Å². The first-order valence-corrected chi connectivity index (χ1v) is 34.0. The number of rotatable bonds is 61. The molecule has 0 saturated heterocycles. The first kappa shape index (κ1) is 76.8. The molecule has 0 radical (unpaired) electrons. The van der Waals surface area contributed by atoms with Gasteiger partial charge >= 0.3 is 17.9 Å². The summed E-state index contributed by atoms with van der Waals surface area (Å²) in [7, 11) is 0. The fourth-order valence-corrected chi connectivity index (χ4v) is 9.44. The number of hydrogen-bond donors (Lipinski definition) is 0. The Morgan fingerprint density at radius 3 is 0.765 bits per heavy atom. The van der Waals surface area contributed by atoms with Crippen molar-refractivity contribution in [3.05, 3.63) is 122 Å². The van der Waals surface area contributed by atoms with E-state index < -0.39 is 6.10 Å². The Kier molecular flexibility index (Phi) is 64.8. The maximum absolute atomic E-state index is 13.0. The summed E-state index contributed by atoms with van der Waals surface area (Å²) in [5, 5.41) is 0. The van der Waals surface area contributed by atoms with Gasteiger partial charge in [0.05, 0.1) is 0 Å². The molecule has 0 spiro atoms. The number of carbonyl (C=O) groups excluding carboxylic acids is 3. The van der Waals surface area contributed by atoms with Crippen LogP contribution in [0.5, 0.6) is 0 Å². The molecule has 0 heterocycles. The van der Waals surface area contributed by atoms with E-state index in [9.17, 15) is 14.4 Å². The molecular weight excluding hydrogens is 997 g/mol. The molecule has 6 nitrogen and oxygen atoms in total. The molecule has 0 aliphatic heterocycles. The van der Waals surface area contributed by atoms with Crippen molar-refractivity contribution in [3.8, 4) is 0 Å². The summed E-state index contributed by atoms with van der Waals surface area (Å²) in [6.45, 7) is 6.42. The SMILES string of the molecule is CC/C=C\C/C=C\C/C=C\C/C=C\C/C=C\C/C=C\C/C=C\CCCCCC(=O)OCC(COC(=O)CCCCCCCCC/C=C\C/C=C\C/C=C\CC)OC(=O)CCCCCCCCCCCCCCCCCCCCCCC. The van der Waals surface area contributed by atoms with E-state index in [0.717, 1.165) is 135 Å². The van der Waals surface area contributed by atoms with Gasteiger partial charge in [0.2, 0.25) is 0 Å². The van der Waals surface area contributed by atoms with Crippen LogP contribution in [0.3, 0.4) is 0 Å². The fraction of sp³-hybridized carbons (Fsp3) is 0.693. The second-order valence-electron chi connectivity index (χ2n) is 22.3. The van der Waals surface area contributed by atoms with Crippen molar-refractivity contribution in [1.82, 2.24) is 0 Å². The summed E-state index contributed by atoms with van der Waals surface area (Å²) in [4.78, 5) is 38.4. The van der Waals surface area contributed by atoms with Crippen LogP contribution in [0.2, 0.25) is 0 Å². The maximum Gasteiger partial charge on any atom is 0.306 e. The van der Waals surface area contributed by atoms with E-state index in [1.807, 2.05) is 0 Å². The average Bonchev–Trinajstić information content (AvgIpc) is 3.47.